The third-order valence-corrected chi connectivity index (χ3v) is 3.42. The molecule has 1 aromatic heterocycles. The van der Waals surface area contributed by atoms with Crippen LogP contribution in [-0.2, 0) is 17.8 Å². The molecule has 21 heavy (non-hydrogen) atoms. The third-order valence-electron chi connectivity index (χ3n) is 3.42. The van der Waals surface area contributed by atoms with Gasteiger partial charge < -0.3 is 15.2 Å². The van der Waals surface area contributed by atoms with E-state index in [4.69, 9.17) is 15.2 Å². The van der Waals surface area contributed by atoms with Gasteiger partial charge in [-0.25, -0.2) is 9.97 Å². The molecule has 0 amide bonds. The standard InChI is InChI=1S/C16H19N3O2/c1-2-7-21-12-5-3-4-11(9-12)16-18-14-6-8-20-10-13(14)15(17)19-16/h3-5,9H,2,6-8,10H2,1H3,(H2,17,18,19). The van der Waals surface area contributed by atoms with Gasteiger partial charge in [-0.3, -0.25) is 0 Å². The predicted molar refractivity (Wildman–Crippen MR) is 81.0 cm³/mol. The first-order valence-corrected chi connectivity index (χ1v) is 7.24. The summed E-state index contributed by atoms with van der Waals surface area (Å²) >= 11 is 0. The number of hydrogen-bond donors (Lipinski definition) is 1. The highest BCUT2D eigenvalue weighted by Crippen LogP contribution is 2.26. The molecule has 0 saturated carbocycles. The molecule has 2 N–H and O–H groups in total. The second kappa shape index (κ2) is 6.10. The van der Waals surface area contributed by atoms with E-state index in [1.54, 1.807) is 0 Å². The predicted octanol–water partition coefficient (Wildman–Crippen LogP) is 2.59. The number of ether oxygens (including phenoxy) is 2. The van der Waals surface area contributed by atoms with Crippen LogP contribution >= 0.6 is 0 Å². The molecule has 1 aliphatic rings. The van der Waals surface area contributed by atoms with Gasteiger partial charge in [-0.2, -0.15) is 0 Å². The lowest BCUT2D eigenvalue weighted by molar-refractivity contribution is 0.109. The minimum absolute atomic E-state index is 0.501. The lowest BCUT2D eigenvalue weighted by Gasteiger charge is -2.17. The molecule has 0 atom stereocenters. The van der Waals surface area contributed by atoms with Crippen molar-refractivity contribution in [3.63, 3.8) is 0 Å². The van der Waals surface area contributed by atoms with Gasteiger partial charge in [0.2, 0.25) is 0 Å². The summed E-state index contributed by atoms with van der Waals surface area (Å²) in [6.45, 7) is 3.97. The molecule has 0 radical (unpaired) electrons. The average molecular weight is 285 g/mol. The van der Waals surface area contributed by atoms with Crippen LogP contribution in [0.2, 0.25) is 0 Å². The Balaban J connectivity index is 1.95. The van der Waals surface area contributed by atoms with Crippen LogP contribution in [0.1, 0.15) is 24.6 Å². The molecule has 5 nitrogen and oxygen atoms in total. The lowest BCUT2D eigenvalue weighted by atomic mass is 10.1. The fourth-order valence-electron chi connectivity index (χ4n) is 2.33. The van der Waals surface area contributed by atoms with E-state index in [0.717, 1.165) is 35.4 Å². The zero-order valence-electron chi connectivity index (χ0n) is 12.1. The highest BCUT2D eigenvalue weighted by atomic mass is 16.5. The molecule has 110 valence electrons. The van der Waals surface area contributed by atoms with Crippen molar-refractivity contribution < 1.29 is 9.47 Å². The van der Waals surface area contributed by atoms with Crippen LogP contribution in [0.25, 0.3) is 11.4 Å². The van der Waals surface area contributed by atoms with Crippen molar-refractivity contribution in [1.29, 1.82) is 0 Å². The number of rotatable bonds is 4. The summed E-state index contributed by atoms with van der Waals surface area (Å²) in [7, 11) is 0. The molecule has 1 aliphatic heterocycles. The number of fused-ring (bicyclic) bond motifs is 1. The van der Waals surface area contributed by atoms with Gasteiger partial charge in [-0.15, -0.1) is 0 Å². The van der Waals surface area contributed by atoms with E-state index >= 15 is 0 Å². The van der Waals surface area contributed by atoms with Crippen LogP contribution in [0.15, 0.2) is 24.3 Å². The van der Waals surface area contributed by atoms with Gasteiger partial charge in [0.15, 0.2) is 5.82 Å². The van der Waals surface area contributed by atoms with E-state index in [1.807, 2.05) is 24.3 Å². The van der Waals surface area contributed by atoms with Crippen LogP contribution in [-0.4, -0.2) is 23.2 Å². The van der Waals surface area contributed by atoms with E-state index in [0.29, 0.717) is 31.5 Å². The van der Waals surface area contributed by atoms with Crippen molar-refractivity contribution in [1.82, 2.24) is 9.97 Å². The van der Waals surface area contributed by atoms with Gasteiger partial charge >= 0.3 is 0 Å². The van der Waals surface area contributed by atoms with Crippen molar-refractivity contribution in [3.05, 3.63) is 35.5 Å². The Labute approximate surface area is 124 Å². The van der Waals surface area contributed by atoms with Gasteiger partial charge in [0, 0.05) is 17.5 Å². The first-order valence-electron chi connectivity index (χ1n) is 7.24. The minimum Gasteiger partial charge on any atom is -0.494 e. The molecule has 0 bridgehead atoms. The molecule has 2 aromatic rings. The molecule has 3 rings (SSSR count). The summed E-state index contributed by atoms with van der Waals surface area (Å²) < 4.78 is 11.1. The van der Waals surface area contributed by atoms with Crippen molar-refractivity contribution in [3.8, 4) is 17.1 Å². The molecule has 0 saturated heterocycles. The first-order chi connectivity index (χ1) is 10.3. The van der Waals surface area contributed by atoms with Crippen LogP contribution in [0.3, 0.4) is 0 Å². The maximum Gasteiger partial charge on any atom is 0.161 e. The topological polar surface area (TPSA) is 70.3 Å². The molecule has 0 aliphatic carbocycles. The molecule has 1 aromatic carbocycles. The Morgan fingerprint density at radius 3 is 3.10 bits per heavy atom. The largest absolute Gasteiger partial charge is 0.494 e. The molecule has 0 spiro atoms. The summed E-state index contributed by atoms with van der Waals surface area (Å²) in [6.07, 6.45) is 1.76. The van der Waals surface area contributed by atoms with E-state index in [1.165, 1.54) is 0 Å². The Bertz CT molecular complexity index is 643. The van der Waals surface area contributed by atoms with E-state index in [2.05, 4.69) is 16.9 Å². The molecule has 2 heterocycles. The number of hydrogen-bond acceptors (Lipinski definition) is 5. The van der Waals surface area contributed by atoms with Crippen molar-refractivity contribution in [2.45, 2.75) is 26.4 Å². The van der Waals surface area contributed by atoms with Crippen LogP contribution in [0.5, 0.6) is 5.75 Å². The third kappa shape index (κ3) is 2.97. The fourth-order valence-corrected chi connectivity index (χ4v) is 2.33. The van der Waals surface area contributed by atoms with Crippen LogP contribution < -0.4 is 10.5 Å². The maximum absolute atomic E-state index is 6.04. The monoisotopic (exact) mass is 285 g/mol. The summed E-state index contributed by atoms with van der Waals surface area (Å²) in [5.41, 5.74) is 8.87. The second-order valence-corrected chi connectivity index (χ2v) is 5.04. The zero-order chi connectivity index (χ0) is 14.7. The Morgan fingerprint density at radius 2 is 2.24 bits per heavy atom. The summed E-state index contributed by atoms with van der Waals surface area (Å²) in [5.74, 6) is 1.99. The summed E-state index contributed by atoms with van der Waals surface area (Å²) in [5, 5.41) is 0. The molecular weight excluding hydrogens is 266 g/mol. The van der Waals surface area contributed by atoms with E-state index < -0.39 is 0 Å². The minimum atomic E-state index is 0.501. The Kier molecular flexibility index (Phi) is 4.01. The number of aromatic nitrogens is 2. The molecule has 5 heteroatoms. The van der Waals surface area contributed by atoms with Gasteiger partial charge in [-0.1, -0.05) is 19.1 Å². The van der Waals surface area contributed by atoms with Crippen LogP contribution in [0, 0.1) is 0 Å². The quantitative estimate of drug-likeness (QED) is 0.935. The van der Waals surface area contributed by atoms with Gasteiger partial charge in [0.1, 0.15) is 11.6 Å². The summed E-state index contributed by atoms with van der Waals surface area (Å²) in [4.78, 5) is 9.05. The van der Waals surface area contributed by atoms with Crippen LogP contribution in [0.4, 0.5) is 5.82 Å². The van der Waals surface area contributed by atoms with E-state index in [9.17, 15) is 0 Å². The number of nitrogen functional groups attached to an aromatic ring is 1. The van der Waals surface area contributed by atoms with Crippen molar-refractivity contribution in [2.75, 3.05) is 18.9 Å². The molecular formula is C16H19N3O2. The first kappa shape index (κ1) is 13.8. The fraction of sp³-hybridized carbons (Fsp3) is 0.375. The highest BCUT2D eigenvalue weighted by Gasteiger charge is 2.17. The Morgan fingerprint density at radius 1 is 1.33 bits per heavy atom. The lowest BCUT2D eigenvalue weighted by Crippen LogP contribution is -2.16. The second-order valence-electron chi connectivity index (χ2n) is 5.04. The van der Waals surface area contributed by atoms with Crippen molar-refractivity contribution in [2.24, 2.45) is 0 Å². The zero-order valence-corrected chi connectivity index (χ0v) is 12.1. The van der Waals surface area contributed by atoms with Gasteiger partial charge in [0.05, 0.1) is 25.5 Å². The van der Waals surface area contributed by atoms with Crippen molar-refractivity contribution >= 4 is 5.82 Å². The normalized spacial score (nSPS) is 13.8. The highest BCUT2D eigenvalue weighted by molar-refractivity contribution is 5.60. The average Bonchev–Trinajstić information content (AvgIpc) is 2.53. The smallest absolute Gasteiger partial charge is 0.161 e. The molecule has 0 fully saturated rings. The number of anilines is 1. The number of nitrogens with zero attached hydrogens (tertiary/aromatic N) is 2. The summed E-state index contributed by atoms with van der Waals surface area (Å²) in [6, 6.07) is 7.81. The van der Waals surface area contributed by atoms with Gasteiger partial charge in [-0.05, 0) is 18.6 Å². The number of benzene rings is 1. The number of nitrogens with two attached hydrogens (primary N) is 1. The Hall–Kier alpha value is -2.14. The maximum atomic E-state index is 6.04. The van der Waals surface area contributed by atoms with E-state index in [-0.39, 0.29) is 0 Å². The van der Waals surface area contributed by atoms with Gasteiger partial charge in [0.25, 0.3) is 0 Å². The SMILES string of the molecule is CCCOc1cccc(-c2nc(N)c3c(n2)CCOC3)c1. The molecule has 0 unspecified atom stereocenters.